The second kappa shape index (κ2) is 5.61. The molecule has 84 valence electrons. The van der Waals surface area contributed by atoms with Crippen LogP contribution in [-0.4, -0.2) is 19.8 Å². The first kappa shape index (κ1) is 11.9. The van der Waals surface area contributed by atoms with Gasteiger partial charge in [-0.25, -0.2) is 0 Å². The number of ether oxygens (including phenoxy) is 1. The third-order valence-electron chi connectivity index (χ3n) is 2.33. The fourth-order valence-electron chi connectivity index (χ4n) is 1.59. The molecule has 0 heterocycles. The Labute approximate surface area is 91.6 Å². The van der Waals surface area contributed by atoms with Crippen LogP contribution in [0.5, 0.6) is 0 Å². The molecular weight excluding hydrogens is 188 g/mol. The zero-order valence-corrected chi connectivity index (χ0v) is 9.71. The zero-order valence-electron chi connectivity index (χ0n) is 9.71. The van der Waals surface area contributed by atoms with E-state index in [9.17, 15) is 0 Å². The first-order chi connectivity index (χ1) is 7.15. The van der Waals surface area contributed by atoms with Crippen molar-refractivity contribution in [2.24, 2.45) is 0 Å². The van der Waals surface area contributed by atoms with Gasteiger partial charge in [0, 0.05) is 24.5 Å². The Bertz CT molecular complexity index is 292. The maximum Gasteiger partial charge on any atom is 0.0663 e. The van der Waals surface area contributed by atoms with Gasteiger partial charge < -0.3 is 15.8 Å². The number of aryl methyl sites for hydroxylation is 1. The monoisotopic (exact) mass is 208 g/mol. The predicted octanol–water partition coefficient (Wildman–Crippen LogP) is 2.41. The van der Waals surface area contributed by atoms with Gasteiger partial charge in [0.2, 0.25) is 0 Å². The number of hydrogen-bond donors (Lipinski definition) is 2. The van der Waals surface area contributed by atoms with E-state index in [0.29, 0.717) is 12.6 Å². The fourth-order valence-corrected chi connectivity index (χ4v) is 1.59. The summed E-state index contributed by atoms with van der Waals surface area (Å²) in [5.41, 5.74) is 8.81. The van der Waals surface area contributed by atoms with Crippen LogP contribution >= 0.6 is 0 Å². The van der Waals surface area contributed by atoms with Crippen molar-refractivity contribution in [1.29, 1.82) is 0 Å². The third kappa shape index (κ3) is 3.80. The predicted molar refractivity (Wildman–Crippen MR) is 65.2 cm³/mol. The molecule has 0 aromatic heterocycles. The molecule has 0 fully saturated rings. The van der Waals surface area contributed by atoms with E-state index in [1.54, 1.807) is 7.11 Å². The molecule has 3 heteroatoms. The summed E-state index contributed by atoms with van der Waals surface area (Å²) in [4.78, 5) is 0. The Morgan fingerprint density at radius 3 is 2.67 bits per heavy atom. The van der Waals surface area contributed by atoms with Crippen LogP contribution in [0.4, 0.5) is 11.4 Å². The van der Waals surface area contributed by atoms with E-state index >= 15 is 0 Å². The first-order valence-electron chi connectivity index (χ1n) is 5.28. The summed E-state index contributed by atoms with van der Waals surface area (Å²) >= 11 is 0. The SMILES string of the molecule is CCC(COC)Nc1cc(C)cc(N)c1. The highest BCUT2D eigenvalue weighted by atomic mass is 16.5. The Hall–Kier alpha value is -1.22. The molecule has 0 spiro atoms. The molecule has 0 saturated carbocycles. The van der Waals surface area contributed by atoms with E-state index in [0.717, 1.165) is 17.8 Å². The van der Waals surface area contributed by atoms with E-state index in [4.69, 9.17) is 10.5 Å². The molecule has 0 aliphatic heterocycles. The van der Waals surface area contributed by atoms with Crippen molar-refractivity contribution in [3.63, 3.8) is 0 Å². The van der Waals surface area contributed by atoms with Crippen molar-refractivity contribution >= 4 is 11.4 Å². The van der Waals surface area contributed by atoms with Gasteiger partial charge >= 0.3 is 0 Å². The van der Waals surface area contributed by atoms with Gasteiger partial charge in [-0.15, -0.1) is 0 Å². The summed E-state index contributed by atoms with van der Waals surface area (Å²) in [6.07, 6.45) is 1.03. The van der Waals surface area contributed by atoms with E-state index in [-0.39, 0.29) is 0 Å². The molecule has 1 rings (SSSR count). The van der Waals surface area contributed by atoms with Gasteiger partial charge in [-0.05, 0) is 37.1 Å². The van der Waals surface area contributed by atoms with Crippen molar-refractivity contribution in [2.45, 2.75) is 26.3 Å². The van der Waals surface area contributed by atoms with Gasteiger partial charge in [0.05, 0.1) is 6.61 Å². The van der Waals surface area contributed by atoms with Crippen molar-refractivity contribution in [3.8, 4) is 0 Å². The summed E-state index contributed by atoms with van der Waals surface area (Å²) in [6, 6.07) is 6.35. The molecule has 15 heavy (non-hydrogen) atoms. The highest BCUT2D eigenvalue weighted by molar-refractivity contribution is 5.57. The average Bonchev–Trinajstić information content (AvgIpc) is 2.15. The lowest BCUT2D eigenvalue weighted by molar-refractivity contribution is 0.184. The minimum atomic E-state index is 0.344. The number of anilines is 2. The smallest absolute Gasteiger partial charge is 0.0663 e. The van der Waals surface area contributed by atoms with Crippen LogP contribution in [0.25, 0.3) is 0 Å². The molecule has 0 amide bonds. The molecule has 0 bridgehead atoms. The lowest BCUT2D eigenvalue weighted by Crippen LogP contribution is -2.23. The summed E-state index contributed by atoms with van der Waals surface area (Å²) in [7, 11) is 1.72. The highest BCUT2D eigenvalue weighted by Gasteiger charge is 2.05. The highest BCUT2D eigenvalue weighted by Crippen LogP contribution is 2.17. The number of rotatable bonds is 5. The van der Waals surface area contributed by atoms with Gasteiger partial charge in [0.15, 0.2) is 0 Å². The Balaban J connectivity index is 2.69. The summed E-state index contributed by atoms with van der Waals surface area (Å²) < 4.78 is 5.13. The van der Waals surface area contributed by atoms with E-state index in [1.807, 2.05) is 19.1 Å². The number of nitrogens with two attached hydrogens (primary N) is 1. The molecule has 3 N–H and O–H groups in total. The molecular formula is C12H20N2O. The molecule has 0 aliphatic carbocycles. The van der Waals surface area contributed by atoms with Gasteiger partial charge in [-0.3, -0.25) is 0 Å². The topological polar surface area (TPSA) is 47.3 Å². The number of nitrogens with one attached hydrogen (secondary N) is 1. The Kier molecular flexibility index (Phi) is 4.43. The molecule has 3 nitrogen and oxygen atoms in total. The second-order valence-corrected chi connectivity index (χ2v) is 3.84. The zero-order chi connectivity index (χ0) is 11.3. The largest absolute Gasteiger partial charge is 0.399 e. The number of nitrogen functional groups attached to an aromatic ring is 1. The summed E-state index contributed by atoms with van der Waals surface area (Å²) in [6.45, 7) is 4.89. The van der Waals surface area contributed by atoms with Gasteiger partial charge in [0.1, 0.15) is 0 Å². The van der Waals surface area contributed by atoms with Crippen molar-refractivity contribution in [3.05, 3.63) is 23.8 Å². The van der Waals surface area contributed by atoms with E-state index in [2.05, 4.69) is 18.3 Å². The third-order valence-corrected chi connectivity index (χ3v) is 2.33. The minimum Gasteiger partial charge on any atom is -0.399 e. The van der Waals surface area contributed by atoms with Crippen LogP contribution in [0, 0.1) is 6.92 Å². The van der Waals surface area contributed by atoms with Crippen LogP contribution in [0.2, 0.25) is 0 Å². The van der Waals surface area contributed by atoms with Gasteiger partial charge in [0.25, 0.3) is 0 Å². The van der Waals surface area contributed by atoms with Crippen LogP contribution < -0.4 is 11.1 Å². The Morgan fingerprint density at radius 2 is 2.13 bits per heavy atom. The molecule has 1 atom stereocenters. The molecule has 1 unspecified atom stereocenters. The van der Waals surface area contributed by atoms with Crippen LogP contribution in [0.3, 0.4) is 0 Å². The van der Waals surface area contributed by atoms with E-state index < -0.39 is 0 Å². The Morgan fingerprint density at radius 1 is 1.40 bits per heavy atom. The second-order valence-electron chi connectivity index (χ2n) is 3.84. The summed E-state index contributed by atoms with van der Waals surface area (Å²) in [5, 5.41) is 3.41. The normalized spacial score (nSPS) is 12.5. The van der Waals surface area contributed by atoms with Crippen LogP contribution in [-0.2, 0) is 4.74 Å². The maximum atomic E-state index is 5.78. The molecule has 0 saturated heterocycles. The lowest BCUT2D eigenvalue weighted by Gasteiger charge is -2.18. The molecule has 1 aromatic carbocycles. The lowest BCUT2D eigenvalue weighted by atomic mass is 10.1. The number of methoxy groups -OCH3 is 1. The van der Waals surface area contributed by atoms with Crippen LogP contribution in [0.15, 0.2) is 18.2 Å². The molecule has 0 radical (unpaired) electrons. The van der Waals surface area contributed by atoms with Crippen molar-refractivity contribution < 1.29 is 4.74 Å². The average molecular weight is 208 g/mol. The summed E-state index contributed by atoms with van der Waals surface area (Å²) in [5.74, 6) is 0. The minimum absolute atomic E-state index is 0.344. The van der Waals surface area contributed by atoms with Gasteiger partial charge in [-0.2, -0.15) is 0 Å². The fraction of sp³-hybridized carbons (Fsp3) is 0.500. The molecule has 0 aliphatic rings. The standard InChI is InChI=1S/C12H20N2O/c1-4-11(8-15-3)14-12-6-9(2)5-10(13)7-12/h5-7,11,14H,4,8,13H2,1-3H3. The first-order valence-corrected chi connectivity index (χ1v) is 5.28. The van der Waals surface area contributed by atoms with Crippen LogP contribution in [0.1, 0.15) is 18.9 Å². The van der Waals surface area contributed by atoms with E-state index in [1.165, 1.54) is 5.56 Å². The maximum absolute atomic E-state index is 5.78. The quantitative estimate of drug-likeness (QED) is 0.730. The number of benzene rings is 1. The number of hydrogen-bond acceptors (Lipinski definition) is 3. The van der Waals surface area contributed by atoms with Gasteiger partial charge in [-0.1, -0.05) is 6.92 Å². The van der Waals surface area contributed by atoms with Crippen molar-refractivity contribution in [1.82, 2.24) is 0 Å². The molecule has 1 aromatic rings. The van der Waals surface area contributed by atoms with Crippen molar-refractivity contribution in [2.75, 3.05) is 24.8 Å².